The third-order valence-electron chi connectivity index (χ3n) is 8.15. The van der Waals surface area contributed by atoms with Gasteiger partial charge in [0.25, 0.3) is 6.43 Å². The van der Waals surface area contributed by atoms with Crippen molar-refractivity contribution in [3.05, 3.63) is 58.3 Å². The zero-order valence-electron chi connectivity index (χ0n) is 20.4. The maximum absolute atomic E-state index is 13.7. The second kappa shape index (κ2) is 8.32. The molecule has 0 bridgehead atoms. The highest BCUT2D eigenvalue weighted by atomic mass is 35.5. The van der Waals surface area contributed by atoms with Gasteiger partial charge in [-0.3, -0.25) is 9.47 Å². The minimum absolute atomic E-state index is 0.00179. The Hall–Kier alpha value is -3.36. The van der Waals surface area contributed by atoms with Crippen LogP contribution in [-0.4, -0.2) is 57.4 Å². The number of benzene rings is 1. The van der Waals surface area contributed by atoms with Crippen molar-refractivity contribution in [3.63, 3.8) is 0 Å². The third-order valence-corrected chi connectivity index (χ3v) is 8.38. The Labute approximate surface area is 222 Å². The second-order valence-electron chi connectivity index (χ2n) is 11.1. The topological polar surface area (TPSA) is 77.1 Å². The van der Waals surface area contributed by atoms with Gasteiger partial charge in [0.1, 0.15) is 11.5 Å². The van der Waals surface area contributed by atoms with Crippen LogP contribution in [0, 0.1) is 28.0 Å². The molecule has 0 N–H and O–H groups in total. The van der Waals surface area contributed by atoms with Gasteiger partial charge < -0.3 is 9.80 Å². The summed E-state index contributed by atoms with van der Waals surface area (Å²) in [4.78, 5) is 10.2. The molecule has 3 fully saturated rings. The molecule has 8 nitrogen and oxygen atoms in total. The predicted molar refractivity (Wildman–Crippen MR) is 134 cm³/mol. The standard InChI is InChI=1S/C26H24ClF3N8/c27-17-1-3-19-16(7-17)8-35(11-25(10-31)5-6-25)9-21-33-34-24(38(19)21)37-14-26(15-37)12-36(13-26)20-4-2-18(28)22(32-20)23(29)30/h1-4,7,23H,5-6,8-9,11-15H2. The Bertz CT molecular complexity index is 1470. The summed E-state index contributed by atoms with van der Waals surface area (Å²) in [6.45, 7) is 4.74. The van der Waals surface area contributed by atoms with Gasteiger partial charge in [0.15, 0.2) is 11.6 Å². The van der Waals surface area contributed by atoms with E-state index in [1.165, 1.54) is 6.07 Å². The number of fused-ring (bicyclic) bond motifs is 3. The quantitative estimate of drug-likeness (QED) is 0.476. The van der Waals surface area contributed by atoms with E-state index in [1.54, 1.807) is 0 Å². The second-order valence-corrected chi connectivity index (χ2v) is 11.5. The van der Waals surface area contributed by atoms with Crippen LogP contribution in [0.5, 0.6) is 0 Å². The first-order chi connectivity index (χ1) is 18.3. The van der Waals surface area contributed by atoms with Gasteiger partial charge in [0.2, 0.25) is 5.95 Å². The molecular formula is C26H24ClF3N8. The number of hydrogen-bond donors (Lipinski definition) is 0. The molecule has 0 amide bonds. The van der Waals surface area contributed by atoms with Crippen molar-refractivity contribution >= 4 is 23.4 Å². The van der Waals surface area contributed by atoms with E-state index >= 15 is 0 Å². The summed E-state index contributed by atoms with van der Waals surface area (Å²) in [6.07, 6.45) is -1.11. The van der Waals surface area contributed by atoms with Crippen molar-refractivity contribution in [3.8, 4) is 11.8 Å². The predicted octanol–water partition coefficient (Wildman–Crippen LogP) is 4.34. The molecule has 2 saturated heterocycles. The van der Waals surface area contributed by atoms with Crippen LogP contribution in [0.15, 0.2) is 30.3 Å². The minimum Gasteiger partial charge on any atom is -0.355 e. The SMILES string of the molecule is N#CC1(CN2Cc3cc(Cl)ccc3-n3c(nnc3N3CC4(CN(c5ccc(F)c(C(F)F)n5)C4)C3)C2)CC1. The smallest absolute Gasteiger partial charge is 0.283 e. The molecule has 7 rings (SSSR count). The molecule has 3 aromatic rings. The van der Waals surface area contributed by atoms with Gasteiger partial charge in [-0.15, -0.1) is 10.2 Å². The molecular weight excluding hydrogens is 517 g/mol. The van der Waals surface area contributed by atoms with Crippen LogP contribution in [0.4, 0.5) is 24.9 Å². The van der Waals surface area contributed by atoms with Crippen LogP contribution in [0.25, 0.3) is 5.69 Å². The van der Waals surface area contributed by atoms with Crippen LogP contribution >= 0.6 is 11.6 Å². The summed E-state index contributed by atoms with van der Waals surface area (Å²) < 4.78 is 41.9. The minimum atomic E-state index is -2.95. The van der Waals surface area contributed by atoms with Gasteiger partial charge in [-0.2, -0.15) is 5.26 Å². The lowest BCUT2D eigenvalue weighted by Gasteiger charge is -2.60. The lowest BCUT2D eigenvalue weighted by Crippen LogP contribution is -2.73. The first kappa shape index (κ1) is 23.7. The summed E-state index contributed by atoms with van der Waals surface area (Å²) in [6, 6.07) is 10.8. The van der Waals surface area contributed by atoms with E-state index in [0.29, 0.717) is 43.6 Å². The van der Waals surface area contributed by atoms with Crippen molar-refractivity contribution in [2.45, 2.75) is 32.4 Å². The summed E-state index contributed by atoms with van der Waals surface area (Å²) >= 11 is 6.36. The third kappa shape index (κ3) is 3.81. The number of nitrogens with zero attached hydrogens (tertiary/aromatic N) is 8. The Morgan fingerprint density at radius 3 is 2.50 bits per heavy atom. The van der Waals surface area contributed by atoms with E-state index in [9.17, 15) is 18.4 Å². The normalized spacial score (nSPS) is 20.8. The van der Waals surface area contributed by atoms with E-state index < -0.39 is 17.9 Å². The number of anilines is 2. The molecule has 1 aliphatic carbocycles. The van der Waals surface area contributed by atoms with Gasteiger partial charge in [0, 0.05) is 49.7 Å². The Morgan fingerprint density at radius 1 is 1.03 bits per heavy atom. The molecule has 0 radical (unpaired) electrons. The fourth-order valence-corrected chi connectivity index (χ4v) is 6.25. The van der Waals surface area contributed by atoms with Crippen LogP contribution in [0.2, 0.25) is 5.02 Å². The average molecular weight is 541 g/mol. The summed E-state index contributed by atoms with van der Waals surface area (Å²) in [5.41, 5.74) is 0.970. The molecule has 4 aliphatic rings. The van der Waals surface area contributed by atoms with E-state index in [-0.39, 0.29) is 10.8 Å². The number of halogens is 4. The molecule has 196 valence electrons. The zero-order chi connectivity index (χ0) is 26.2. The van der Waals surface area contributed by atoms with Gasteiger partial charge in [0.05, 0.1) is 23.7 Å². The molecule has 38 heavy (non-hydrogen) atoms. The fraction of sp³-hybridized carbons (Fsp3) is 0.462. The van der Waals surface area contributed by atoms with Gasteiger partial charge >= 0.3 is 0 Å². The van der Waals surface area contributed by atoms with Crippen molar-refractivity contribution in [2.75, 3.05) is 42.5 Å². The molecule has 2 aromatic heterocycles. The van der Waals surface area contributed by atoms with Crippen molar-refractivity contribution in [1.82, 2.24) is 24.6 Å². The maximum atomic E-state index is 13.7. The highest BCUT2D eigenvalue weighted by molar-refractivity contribution is 6.30. The number of rotatable bonds is 5. The summed E-state index contributed by atoms with van der Waals surface area (Å²) in [7, 11) is 0. The summed E-state index contributed by atoms with van der Waals surface area (Å²) in [5.74, 6) is 0.969. The molecule has 1 aromatic carbocycles. The van der Waals surface area contributed by atoms with Crippen LogP contribution in [0.3, 0.4) is 0 Å². The van der Waals surface area contributed by atoms with Crippen molar-refractivity contribution in [2.24, 2.45) is 10.8 Å². The monoisotopic (exact) mass is 540 g/mol. The van der Waals surface area contributed by atoms with E-state index in [0.717, 1.165) is 55.0 Å². The highest BCUT2D eigenvalue weighted by Gasteiger charge is 2.53. The van der Waals surface area contributed by atoms with Crippen molar-refractivity contribution < 1.29 is 13.2 Å². The molecule has 0 atom stereocenters. The van der Waals surface area contributed by atoms with Gasteiger partial charge in [-0.05, 0) is 48.7 Å². The maximum Gasteiger partial charge on any atom is 0.283 e. The van der Waals surface area contributed by atoms with Gasteiger partial charge in [-0.1, -0.05) is 11.6 Å². The van der Waals surface area contributed by atoms with E-state index in [1.807, 2.05) is 23.1 Å². The molecule has 1 spiro atoms. The lowest BCUT2D eigenvalue weighted by atomic mass is 9.73. The van der Waals surface area contributed by atoms with Crippen LogP contribution in [0.1, 0.15) is 36.3 Å². The Balaban J connectivity index is 1.11. The number of nitriles is 1. The Morgan fingerprint density at radius 2 is 1.79 bits per heavy atom. The van der Waals surface area contributed by atoms with E-state index in [4.69, 9.17) is 11.6 Å². The largest absolute Gasteiger partial charge is 0.355 e. The highest BCUT2D eigenvalue weighted by Crippen LogP contribution is 2.47. The number of pyridine rings is 1. The van der Waals surface area contributed by atoms with Crippen LogP contribution in [-0.2, 0) is 13.1 Å². The van der Waals surface area contributed by atoms with Crippen LogP contribution < -0.4 is 9.80 Å². The molecule has 3 aliphatic heterocycles. The fourth-order valence-electron chi connectivity index (χ4n) is 6.06. The average Bonchev–Trinajstić information content (AvgIpc) is 3.53. The summed E-state index contributed by atoms with van der Waals surface area (Å²) in [5, 5.41) is 19.4. The molecule has 12 heteroatoms. The molecule has 1 saturated carbocycles. The molecule has 0 unspecified atom stereocenters. The lowest BCUT2D eigenvalue weighted by molar-refractivity contribution is 0.138. The number of alkyl halides is 2. The Kier molecular flexibility index (Phi) is 5.20. The van der Waals surface area contributed by atoms with E-state index in [2.05, 4.69) is 35.6 Å². The first-order valence-corrected chi connectivity index (χ1v) is 13.0. The number of hydrogen-bond acceptors (Lipinski definition) is 7. The first-order valence-electron chi connectivity index (χ1n) is 12.6. The van der Waals surface area contributed by atoms with Gasteiger partial charge in [-0.25, -0.2) is 18.2 Å². The zero-order valence-corrected chi connectivity index (χ0v) is 21.2. The van der Waals surface area contributed by atoms with Crippen molar-refractivity contribution in [1.29, 1.82) is 5.26 Å². The molecule has 5 heterocycles. The number of aromatic nitrogens is 4.